The minimum Gasteiger partial charge on any atom is -0.477 e. The van der Waals surface area contributed by atoms with Gasteiger partial charge in [0.1, 0.15) is 4.88 Å². The number of aryl methyl sites for hydroxylation is 1. The minimum absolute atomic E-state index is 0.160. The maximum absolute atomic E-state index is 11.8. The van der Waals surface area contributed by atoms with Crippen LogP contribution >= 0.6 is 11.3 Å². The van der Waals surface area contributed by atoms with E-state index in [9.17, 15) is 9.59 Å². The predicted molar refractivity (Wildman–Crippen MR) is 67.9 cm³/mol. The van der Waals surface area contributed by atoms with E-state index < -0.39 is 5.97 Å². The van der Waals surface area contributed by atoms with Crippen molar-refractivity contribution in [3.8, 4) is 0 Å². The number of carbonyl (C=O) groups is 2. The zero-order valence-corrected chi connectivity index (χ0v) is 10.3. The Labute approximate surface area is 107 Å². The third kappa shape index (κ3) is 2.72. The second kappa shape index (κ2) is 4.97. The first-order chi connectivity index (χ1) is 8.56. The molecule has 92 valence electrons. The lowest BCUT2D eigenvalue weighted by atomic mass is 10.2. The molecule has 0 unspecified atom stereocenters. The summed E-state index contributed by atoms with van der Waals surface area (Å²) >= 11 is 0.968. The number of carbonyl (C=O) groups excluding carboxylic acids is 1. The standard InChI is InChI=1S/C12H10N2O3S/c1-14-7-8(6-13-14)2-3-9(15)10-4-5-11(18-10)12(16)17/h2-7H,1H3,(H,16,17)/b3-2-. The monoisotopic (exact) mass is 262 g/mol. The van der Waals surface area contributed by atoms with E-state index in [0.29, 0.717) is 4.88 Å². The highest BCUT2D eigenvalue weighted by atomic mass is 32.1. The van der Waals surface area contributed by atoms with Gasteiger partial charge in [0.25, 0.3) is 0 Å². The first-order valence-corrected chi connectivity index (χ1v) is 5.92. The van der Waals surface area contributed by atoms with Gasteiger partial charge in [-0.1, -0.05) is 0 Å². The number of allylic oxidation sites excluding steroid dienone is 1. The van der Waals surface area contributed by atoms with Crippen LogP contribution in [-0.4, -0.2) is 26.6 Å². The Kier molecular flexibility index (Phi) is 3.38. The topological polar surface area (TPSA) is 72.2 Å². The number of thiophene rings is 1. The van der Waals surface area contributed by atoms with Gasteiger partial charge in [-0.3, -0.25) is 9.48 Å². The van der Waals surface area contributed by atoms with Gasteiger partial charge in [0.05, 0.1) is 11.1 Å². The van der Waals surface area contributed by atoms with Crippen molar-refractivity contribution in [2.75, 3.05) is 0 Å². The molecule has 0 aliphatic rings. The number of aromatic carboxylic acids is 1. The minimum atomic E-state index is -1.02. The Morgan fingerprint density at radius 2 is 2.11 bits per heavy atom. The van der Waals surface area contributed by atoms with Crippen molar-refractivity contribution in [3.63, 3.8) is 0 Å². The molecule has 0 aromatic carbocycles. The van der Waals surface area contributed by atoms with Gasteiger partial charge in [-0.2, -0.15) is 5.10 Å². The molecule has 2 heterocycles. The SMILES string of the molecule is Cn1cc(/C=C\C(=O)c2ccc(C(=O)O)s2)cn1. The van der Waals surface area contributed by atoms with Crippen molar-refractivity contribution in [1.82, 2.24) is 9.78 Å². The molecule has 2 rings (SSSR count). The molecule has 0 aliphatic heterocycles. The summed E-state index contributed by atoms with van der Waals surface area (Å²) in [4.78, 5) is 23.0. The fourth-order valence-electron chi connectivity index (χ4n) is 1.37. The highest BCUT2D eigenvalue weighted by molar-refractivity contribution is 7.16. The zero-order valence-electron chi connectivity index (χ0n) is 9.53. The van der Waals surface area contributed by atoms with Gasteiger partial charge in [-0.25, -0.2) is 4.79 Å². The Bertz CT molecular complexity index is 625. The molecule has 18 heavy (non-hydrogen) atoms. The van der Waals surface area contributed by atoms with E-state index in [2.05, 4.69) is 5.10 Å². The number of hydrogen-bond donors (Lipinski definition) is 1. The van der Waals surface area contributed by atoms with Gasteiger partial charge in [-0.15, -0.1) is 11.3 Å². The number of carboxylic acid groups (broad SMARTS) is 1. The molecular formula is C12H10N2O3S. The van der Waals surface area contributed by atoms with Crippen LogP contribution in [0.1, 0.15) is 24.9 Å². The molecule has 0 saturated carbocycles. The van der Waals surface area contributed by atoms with E-state index in [0.717, 1.165) is 16.9 Å². The Morgan fingerprint density at radius 1 is 1.39 bits per heavy atom. The van der Waals surface area contributed by atoms with Gasteiger partial charge >= 0.3 is 5.97 Å². The maximum Gasteiger partial charge on any atom is 0.345 e. The van der Waals surface area contributed by atoms with Crippen LogP contribution < -0.4 is 0 Å². The van der Waals surface area contributed by atoms with Crippen LogP contribution in [0.15, 0.2) is 30.6 Å². The molecule has 0 aliphatic carbocycles. The molecule has 0 radical (unpaired) electrons. The Morgan fingerprint density at radius 3 is 2.67 bits per heavy atom. The van der Waals surface area contributed by atoms with E-state index in [1.165, 1.54) is 18.2 Å². The van der Waals surface area contributed by atoms with Gasteiger partial charge in [0, 0.05) is 18.8 Å². The molecule has 0 saturated heterocycles. The molecule has 0 amide bonds. The van der Waals surface area contributed by atoms with Crippen LogP contribution in [0.3, 0.4) is 0 Å². The maximum atomic E-state index is 11.8. The summed E-state index contributed by atoms with van der Waals surface area (Å²) in [5, 5.41) is 12.7. The number of rotatable bonds is 4. The van der Waals surface area contributed by atoms with E-state index in [1.54, 1.807) is 30.2 Å². The first-order valence-electron chi connectivity index (χ1n) is 5.10. The lowest BCUT2D eigenvalue weighted by molar-refractivity contribution is 0.0702. The van der Waals surface area contributed by atoms with Crippen LogP contribution in [0.5, 0.6) is 0 Å². The van der Waals surface area contributed by atoms with Gasteiger partial charge < -0.3 is 5.11 Å². The fourth-order valence-corrected chi connectivity index (χ4v) is 2.13. The molecule has 0 bridgehead atoms. The van der Waals surface area contributed by atoms with Crippen molar-refractivity contribution in [3.05, 3.63) is 45.9 Å². The summed E-state index contributed by atoms with van der Waals surface area (Å²) < 4.78 is 1.64. The van der Waals surface area contributed by atoms with Gasteiger partial charge in [-0.05, 0) is 24.3 Å². The second-order valence-electron chi connectivity index (χ2n) is 3.61. The quantitative estimate of drug-likeness (QED) is 0.676. The van der Waals surface area contributed by atoms with Gasteiger partial charge in [0.2, 0.25) is 0 Å². The largest absolute Gasteiger partial charge is 0.477 e. The number of hydrogen-bond acceptors (Lipinski definition) is 4. The van der Waals surface area contributed by atoms with E-state index in [4.69, 9.17) is 5.11 Å². The lowest BCUT2D eigenvalue weighted by Crippen LogP contribution is -1.91. The number of nitrogens with zero attached hydrogens (tertiary/aromatic N) is 2. The van der Waals surface area contributed by atoms with Crippen molar-refractivity contribution >= 4 is 29.2 Å². The molecule has 6 heteroatoms. The predicted octanol–water partition coefficient (Wildman–Crippen LogP) is 2.08. The van der Waals surface area contributed by atoms with Crippen molar-refractivity contribution in [2.24, 2.45) is 7.05 Å². The summed E-state index contributed by atoms with van der Waals surface area (Å²) in [7, 11) is 1.79. The number of carboxylic acids is 1. The highest BCUT2D eigenvalue weighted by Gasteiger charge is 2.10. The molecule has 1 N–H and O–H groups in total. The molecule has 2 aromatic heterocycles. The van der Waals surface area contributed by atoms with Crippen LogP contribution in [0, 0.1) is 0 Å². The summed E-state index contributed by atoms with van der Waals surface area (Å²) in [6.07, 6.45) is 6.48. The van der Waals surface area contributed by atoms with Gasteiger partial charge in [0.15, 0.2) is 5.78 Å². The van der Waals surface area contributed by atoms with Crippen LogP contribution in [-0.2, 0) is 7.05 Å². The second-order valence-corrected chi connectivity index (χ2v) is 4.70. The average molecular weight is 262 g/mol. The normalized spacial score (nSPS) is 10.9. The Hall–Kier alpha value is -2.21. The fraction of sp³-hybridized carbons (Fsp3) is 0.0833. The van der Waals surface area contributed by atoms with Crippen molar-refractivity contribution in [1.29, 1.82) is 0 Å². The first kappa shape index (κ1) is 12.3. The summed E-state index contributed by atoms with van der Waals surface area (Å²) in [5.41, 5.74) is 0.820. The van der Waals surface area contributed by atoms with E-state index in [1.807, 2.05) is 0 Å². The zero-order chi connectivity index (χ0) is 13.1. The molecular weight excluding hydrogens is 252 g/mol. The number of aromatic nitrogens is 2. The third-order valence-electron chi connectivity index (χ3n) is 2.21. The smallest absolute Gasteiger partial charge is 0.345 e. The third-order valence-corrected chi connectivity index (χ3v) is 3.30. The number of ketones is 1. The van der Waals surface area contributed by atoms with Crippen molar-refractivity contribution in [2.45, 2.75) is 0 Å². The molecule has 0 fully saturated rings. The highest BCUT2D eigenvalue weighted by Crippen LogP contribution is 2.17. The summed E-state index contributed by atoms with van der Waals surface area (Å²) in [6.45, 7) is 0. The molecule has 0 spiro atoms. The molecule has 2 aromatic rings. The van der Waals surface area contributed by atoms with Crippen LogP contribution in [0.2, 0.25) is 0 Å². The summed E-state index contributed by atoms with van der Waals surface area (Å²) in [6, 6.07) is 2.95. The Balaban J connectivity index is 2.11. The lowest BCUT2D eigenvalue weighted by Gasteiger charge is -1.88. The van der Waals surface area contributed by atoms with Crippen molar-refractivity contribution < 1.29 is 14.7 Å². The summed E-state index contributed by atoms with van der Waals surface area (Å²) in [5.74, 6) is -1.23. The molecule has 5 nitrogen and oxygen atoms in total. The average Bonchev–Trinajstić information content (AvgIpc) is 2.94. The molecule has 0 atom stereocenters. The van der Waals surface area contributed by atoms with E-state index in [-0.39, 0.29) is 10.7 Å². The van der Waals surface area contributed by atoms with Crippen LogP contribution in [0.4, 0.5) is 0 Å². The van der Waals surface area contributed by atoms with Crippen LogP contribution in [0.25, 0.3) is 6.08 Å². The van der Waals surface area contributed by atoms with E-state index >= 15 is 0 Å².